The monoisotopic (exact) mass is 435 g/mol. The maximum atomic E-state index is 13.2. The van der Waals surface area contributed by atoms with Gasteiger partial charge in [0.25, 0.3) is 21.0 Å². The molecule has 0 amide bonds. The fourth-order valence-corrected chi connectivity index (χ4v) is 3.71. The number of halogens is 4. The Labute approximate surface area is 162 Å². The predicted molar refractivity (Wildman–Crippen MR) is 93.5 cm³/mol. The van der Waals surface area contributed by atoms with Crippen molar-refractivity contribution in [1.82, 2.24) is 19.6 Å². The van der Waals surface area contributed by atoms with Gasteiger partial charge >= 0.3 is 6.18 Å². The molecule has 1 aromatic carbocycles. The van der Waals surface area contributed by atoms with Crippen molar-refractivity contribution < 1.29 is 26.3 Å². The lowest BCUT2D eigenvalue weighted by molar-refractivity contribution is -0.142. The van der Waals surface area contributed by atoms with Crippen LogP contribution >= 0.6 is 11.6 Å². The summed E-state index contributed by atoms with van der Waals surface area (Å²) in [7, 11) is -3.04. The van der Waals surface area contributed by atoms with E-state index < -0.39 is 32.8 Å². The number of nitrogens with zero attached hydrogens (tertiary/aromatic N) is 4. The summed E-state index contributed by atoms with van der Waals surface area (Å²) >= 11 is 6.05. The number of sulfonamides is 1. The summed E-state index contributed by atoms with van der Waals surface area (Å²) in [6, 6.07) is 5.37. The Bertz CT molecular complexity index is 1150. The van der Waals surface area contributed by atoms with Crippen molar-refractivity contribution >= 4 is 33.1 Å². The van der Waals surface area contributed by atoms with Crippen LogP contribution in [0.4, 0.5) is 18.9 Å². The van der Waals surface area contributed by atoms with E-state index in [9.17, 15) is 21.6 Å². The maximum Gasteiger partial charge on any atom is 0.433 e. The number of para-hydroxylation sites is 1. The van der Waals surface area contributed by atoms with Gasteiger partial charge in [0.05, 0.1) is 17.3 Å². The summed E-state index contributed by atoms with van der Waals surface area (Å²) in [6.45, 7) is 1.38. The molecule has 2 heterocycles. The van der Waals surface area contributed by atoms with E-state index in [0.717, 1.165) is 6.07 Å². The second kappa shape index (κ2) is 7.18. The van der Waals surface area contributed by atoms with Crippen molar-refractivity contribution in [2.24, 2.45) is 0 Å². The minimum absolute atomic E-state index is 0.0117. The normalized spacial score (nSPS) is 12.5. The zero-order chi connectivity index (χ0) is 20.7. The van der Waals surface area contributed by atoms with E-state index >= 15 is 0 Å². The number of ether oxygens (including phenoxy) is 1. The van der Waals surface area contributed by atoms with Crippen molar-refractivity contribution in [3.63, 3.8) is 0 Å². The van der Waals surface area contributed by atoms with Gasteiger partial charge in [-0.05, 0) is 19.1 Å². The Balaban J connectivity index is 2.10. The molecule has 28 heavy (non-hydrogen) atoms. The number of hydrogen-bond donors (Lipinski definition) is 1. The Kier molecular flexibility index (Phi) is 5.21. The molecule has 0 aliphatic rings. The van der Waals surface area contributed by atoms with Gasteiger partial charge in [-0.1, -0.05) is 23.7 Å². The highest BCUT2D eigenvalue weighted by molar-refractivity contribution is 7.92. The van der Waals surface area contributed by atoms with Gasteiger partial charge < -0.3 is 4.74 Å². The van der Waals surface area contributed by atoms with E-state index in [4.69, 9.17) is 16.3 Å². The van der Waals surface area contributed by atoms with Gasteiger partial charge in [0.15, 0.2) is 5.69 Å². The van der Waals surface area contributed by atoms with Gasteiger partial charge in [0.2, 0.25) is 0 Å². The van der Waals surface area contributed by atoms with Crippen LogP contribution in [-0.4, -0.2) is 35.1 Å². The van der Waals surface area contributed by atoms with E-state index in [0.29, 0.717) is 10.1 Å². The van der Waals surface area contributed by atoms with Crippen LogP contribution in [0.15, 0.2) is 29.4 Å². The largest absolute Gasteiger partial charge is 0.433 e. The quantitative estimate of drug-likeness (QED) is 0.661. The van der Waals surface area contributed by atoms with Crippen LogP contribution in [0.25, 0.3) is 5.78 Å². The summed E-state index contributed by atoms with van der Waals surface area (Å²) in [5.74, 6) is -0.496. The molecule has 0 spiro atoms. The summed E-state index contributed by atoms with van der Waals surface area (Å²) < 4.78 is 72.6. The number of alkyl halides is 3. The smallest absolute Gasteiger partial charge is 0.380 e. The van der Waals surface area contributed by atoms with Crippen molar-refractivity contribution in [3.8, 4) is 0 Å². The molecule has 0 atom stereocenters. The Morgan fingerprint density at radius 3 is 2.64 bits per heavy atom. The first-order valence-corrected chi connectivity index (χ1v) is 9.50. The Morgan fingerprint density at radius 2 is 2.00 bits per heavy atom. The fourth-order valence-electron chi connectivity index (χ4n) is 2.42. The van der Waals surface area contributed by atoms with Crippen LogP contribution in [0, 0.1) is 6.92 Å². The average molecular weight is 436 g/mol. The number of hydrogen-bond acceptors (Lipinski definition) is 6. The second-order valence-electron chi connectivity index (χ2n) is 5.70. The lowest BCUT2D eigenvalue weighted by Crippen LogP contribution is -2.17. The molecule has 150 valence electrons. The second-order valence-corrected chi connectivity index (χ2v) is 7.68. The summed E-state index contributed by atoms with van der Waals surface area (Å²) in [5.41, 5.74) is -0.739. The van der Waals surface area contributed by atoms with Crippen molar-refractivity contribution in [2.45, 2.75) is 24.9 Å². The molecule has 0 saturated heterocycles. The Morgan fingerprint density at radius 1 is 1.29 bits per heavy atom. The number of aryl methyl sites for hydroxylation is 1. The van der Waals surface area contributed by atoms with Crippen LogP contribution in [0.2, 0.25) is 5.02 Å². The molecule has 0 radical (unpaired) electrons. The first-order chi connectivity index (χ1) is 13.0. The lowest BCUT2D eigenvalue weighted by atomic mass is 10.2. The average Bonchev–Trinajstić information content (AvgIpc) is 3.01. The third kappa shape index (κ3) is 3.88. The zero-order valence-corrected chi connectivity index (χ0v) is 16.0. The van der Waals surface area contributed by atoms with Gasteiger partial charge in [-0.3, -0.25) is 4.72 Å². The topological polar surface area (TPSA) is 98.5 Å². The van der Waals surface area contributed by atoms with E-state index in [-0.39, 0.29) is 23.0 Å². The van der Waals surface area contributed by atoms with Crippen LogP contribution < -0.4 is 4.72 Å². The molecule has 0 aliphatic heterocycles. The number of anilines is 1. The number of aromatic nitrogens is 4. The van der Waals surface area contributed by atoms with Crippen molar-refractivity contribution in [1.29, 1.82) is 0 Å². The molecule has 0 bridgehead atoms. The van der Waals surface area contributed by atoms with E-state index in [1.54, 1.807) is 12.1 Å². The molecular formula is C15H13ClF3N5O3S. The summed E-state index contributed by atoms with van der Waals surface area (Å²) in [6.07, 6.45) is -4.78. The SMILES string of the molecule is COCc1cccc(Cl)c1NS(=O)(=O)c1nc2nc(C)cc(C(F)(F)F)n2n1. The van der Waals surface area contributed by atoms with E-state index in [1.807, 2.05) is 0 Å². The van der Waals surface area contributed by atoms with E-state index in [2.05, 4.69) is 19.8 Å². The first-order valence-electron chi connectivity index (χ1n) is 7.63. The summed E-state index contributed by atoms with van der Waals surface area (Å²) in [4.78, 5) is 7.44. The molecule has 0 fully saturated rings. The number of fused-ring (bicyclic) bond motifs is 1. The number of nitrogens with one attached hydrogen (secondary N) is 1. The van der Waals surface area contributed by atoms with Gasteiger partial charge in [0, 0.05) is 18.4 Å². The van der Waals surface area contributed by atoms with Gasteiger partial charge in [-0.15, -0.1) is 5.10 Å². The minimum Gasteiger partial charge on any atom is -0.380 e. The van der Waals surface area contributed by atoms with Crippen molar-refractivity contribution in [3.05, 3.63) is 46.2 Å². The third-order valence-corrected chi connectivity index (χ3v) is 5.03. The molecule has 2 aromatic heterocycles. The van der Waals surface area contributed by atoms with Gasteiger partial charge in [-0.25, -0.2) is 4.98 Å². The highest BCUT2D eigenvalue weighted by Gasteiger charge is 2.36. The van der Waals surface area contributed by atoms with Crippen LogP contribution in [0.5, 0.6) is 0 Å². The zero-order valence-electron chi connectivity index (χ0n) is 14.5. The van der Waals surface area contributed by atoms with E-state index in [1.165, 1.54) is 20.1 Å². The van der Waals surface area contributed by atoms with Crippen LogP contribution in [0.1, 0.15) is 17.0 Å². The molecule has 0 unspecified atom stereocenters. The standard InChI is InChI=1S/C15H13ClF3N5O3S/c1-8-6-11(15(17,18)19)24-13(20-8)21-14(22-24)28(25,26)23-12-9(7-27-2)4-3-5-10(12)16/h3-6,23H,7H2,1-2H3. The molecule has 3 rings (SSSR count). The number of methoxy groups -OCH3 is 1. The molecule has 0 saturated carbocycles. The highest BCUT2D eigenvalue weighted by atomic mass is 35.5. The first kappa shape index (κ1) is 20.3. The van der Waals surface area contributed by atoms with Gasteiger partial charge in [-0.2, -0.15) is 31.1 Å². The number of rotatable bonds is 5. The predicted octanol–water partition coefficient (Wildman–Crippen LogP) is 3.05. The van der Waals surface area contributed by atoms with Crippen molar-refractivity contribution in [2.75, 3.05) is 11.8 Å². The van der Waals surface area contributed by atoms with Crippen LogP contribution in [-0.2, 0) is 27.5 Å². The highest BCUT2D eigenvalue weighted by Crippen LogP contribution is 2.31. The molecule has 13 heteroatoms. The molecular weight excluding hydrogens is 423 g/mol. The van der Waals surface area contributed by atoms with Gasteiger partial charge in [0.1, 0.15) is 0 Å². The fraction of sp³-hybridized carbons (Fsp3) is 0.267. The molecule has 3 aromatic rings. The summed E-state index contributed by atoms with van der Waals surface area (Å²) in [5, 5.41) is 2.69. The molecule has 1 N–H and O–H groups in total. The van der Waals surface area contributed by atoms with Crippen LogP contribution in [0.3, 0.4) is 0 Å². The third-order valence-electron chi connectivity index (χ3n) is 3.59. The number of benzene rings is 1. The lowest BCUT2D eigenvalue weighted by Gasteiger charge is -2.12. The molecule has 8 nitrogen and oxygen atoms in total. The molecule has 0 aliphatic carbocycles. The Hall–Kier alpha value is -2.44. The maximum absolute atomic E-state index is 13.2. The minimum atomic E-state index is -4.78.